The Kier molecular flexibility index (Phi) is 2.57. The summed E-state index contributed by atoms with van der Waals surface area (Å²) in [7, 11) is 0. The monoisotopic (exact) mass is 228 g/mol. The largest absolute Gasteiger partial charge is 0.0596 e. The van der Waals surface area contributed by atoms with Crippen LogP contribution in [-0.4, -0.2) is 0 Å². The van der Waals surface area contributed by atoms with Gasteiger partial charge in [0.25, 0.3) is 0 Å². The molecule has 3 rings (SSSR count). The molecule has 1 aromatic rings. The zero-order valence-corrected chi connectivity index (χ0v) is 11.5. The van der Waals surface area contributed by atoms with Crippen LogP contribution in [-0.2, 0) is 25.7 Å². The fourth-order valence-electron chi connectivity index (χ4n) is 3.81. The van der Waals surface area contributed by atoms with Gasteiger partial charge in [0.2, 0.25) is 0 Å². The van der Waals surface area contributed by atoms with Gasteiger partial charge in [-0.3, -0.25) is 0 Å². The molecule has 2 aliphatic rings. The SMILES string of the molecule is Cc1c2c(cc3c1CCC(C)(C)C3)CCCC2. The minimum Gasteiger partial charge on any atom is -0.0596 e. The molecule has 1 aromatic carbocycles. The first kappa shape index (κ1) is 11.3. The average Bonchev–Trinajstić information content (AvgIpc) is 2.27. The summed E-state index contributed by atoms with van der Waals surface area (Å²) in [5, 5.41) is 0. The molecule has 0 N–H and O–H groups in total. The second-order valence-corrected chi connectivity index (χ2v) is 6.83. The lowest BCUT2D eigenvalue weighted by Crippen LogP contribution is -2.24. The number of hydrogen-bond acceptors (Lipinski definition) is 0. The highest BCUT2D eigenvalue weighted by Crippen LogP contribution is 2.39. The Morgan fingerprint density at radius 3 is 2.47 bits per heavy atom. The lowest BCUT2D eigenvalue weighted by molar-refractivity contribution is 0.314. The molecule has 0 nitrogen and oxygen atoms in total. The molecule has 0 aliphatic heterocycles. The summed E-state index contributed by atoms with van der Waals surface area (Å²) >= 11 is 0. The van der Waals surface area contributed by atoms with Crippen LogP contribution in [0.15, 0.2) is 6.07 Å². The van der Waals surface area contributed by atoms with Crippen molar-refractivity contribution in [3.63, 3.8) is 0 Å². The Balaban J connectivity index is 2.10. The topological polar surface area (TPSA) is 0 Å². The minimum atomic E-state index is 0.516. The summed E-state index contributed by atoms with van der Waals surface area (Å²) in [6.45, 7) is 7.22. The maximum absolute atomic E-state index is 2.55. The van der Waals surface area contributed by atoms with Crippen LogP contribution in [0.3, 0.4) is 0 Å². The smallest absolute Gasteiger partial charge is 0.0224 e. The van der Waals surface area contributed by atoms with E-state index in [2.05, 4.69) is 26.8 Å². The van der Waals surface area contributed by atoms with E-state index in [-0.39, 0.29) is 0 Å². The van der Waals surface area contributed by atoms with Gasteiger partial charge in [0.15, 0.2) is 0 Å². The molecule has 0 saturated carbocycles. The minimum absolute atomic E-state index is 0.516. The van der Waals surface area contributed by atoms with Gasteiger partial charge in [-0.1, -0.05) is 19.9 Å². The van der Waals surface area contributed by atoms with Crippen LogP contribution in [0.4, 0.5) is 0 Å². The van der Waals surface area contributed by atoms with Crippen molar-refractivity contribution >= 4 is 0 Å². The summed E-state index contributed by atoms with van der Waals surface area (Å²) in [5.41, 5.74) is 8.90. The molecule has 0 heterocycles. The van der Waals surface area contributed by atoms with Crippen LogP contribution < -0.4 is 0 Å². The van der Waals surface area contributed by atoms with Crippen molar-refractivity contribution in [2.24, 2.45) is 5.41 Å². The number of benzene rings is 1. The molecule has 17 heavy (non-hydrogen) atoms. The molecule has 0 spiro atoms. The second kappa shape index (κ2) is 3.86. The highest BCUT2D eigenvalue weighted by Gasteiger charge is 2.28. The first-order valence-electron chi connectivity index (χ1n) is 7.20. The summed E-state index contributed by atoms with van der Waals surface area (Å²) in [5.74, 6) is 0. The van der Waals surface area contributed by atoms with E-state index in [0.29, 0.717) is 5.41 Å². The van der Waals surface area contributed by atoms with Gasteiger partial charge in [-0.2, -0.15) is 0 Å². The number of aryl methyl sites for hydroxylation is 1. The first-order chi connectivity index (χ1) is 8.07. The Hall–Kier alpha value is -0.780. The zero-order valence-electron chi connectivity index (χ0n) is 11.5. The van der Waals surface area contributed by atoms with Gasteiger partial charge < -0.3 is 0 Å². The zero-order chi connectivity index (χ0) is 12.0. The summed E-state index contributed by atoms with van der Waals surface area (Å²) in [6.07, 6.45) is 9.41. The molecule has 0 atom stereocenters. The van der Waals surface area contributed by atoms with Crippen molar-refractivity contribution in [2.45, 2.75) is 65.7 Å². The fraction of sp³-hybridized carbons (Fsp3) is 0.647. The number of fused-ring (bicyclic) bond motifs is 2. The maximum atomic E-state index is 2.55. The van der Waals surface area contributed by atoms with Crippen molar-refractivity contribution in [1.82, 2.24) is 0 Å². The predicted octanol–water partition coefficient (Wildman–Crippen LogP) is 4.39. The van der Waals surface area contributed by atoms with Gasteiger partial charge in [0.05, 0.1) is 0 Å². The molecule has 0 amide bonds. The summed E-state index contributed by atoms with van der Waals surface area (Å²) in [6, 6.07) is 2.55. The van der Waals surface area contributed by atoms with Gasteiger partial charge in [-0.15, -0.1) is 0 Å². The van der Waals surface area contributed by atoms with Crippen LogP contribution in [0.1, 0.15) is 60.9 Å². The van der Waals surface area contributed by atoms with E-state index in [9.17, 15) is 0 Å². The van der Waals surface area contributed by atoms with Crippen LogP contribution in [0.2, 0.25) is 0 Å². The molecule has 0 saturated heterocycles. The third-order valence-corrected chi connectivity index (χ3v) is 4.87. The van der Waals surface area contributed by atoms with Crippen molar-refractivity contribution in [3.05, 3.63) is 33.9 Å². The Morgan fingerprint density at radius 2 is 1.65 bits per heavy atom. The van der Waals surface area contributed by atoms with E-state index in [1.165, 1.54) is 44.9 Å². The van der Waals surface area contributed by atoms with Crippen LogP contribution in [0.5, 0.6) is 0 Å². The van der Waals surface area contributed by atoms with Crippen molar-refractivity contribution in [2.75, 3.05) is 0 Å². The highest BCUT2D eigenvalue weighted by atomic mass is 14.3. The molecular formula is C17H24. The molecule has 0 bridgehead atoms. The lowest BCUT2D eigenvalue weighted by atomic mass is 9.71. The molecule has 0 radical (unpaired) electrons. The summed E-state index contributed by atoms with van der Waals surface area (Å²) < 4.78 is 0. The third-order valence-electron chi connectivity index (χ3n) is 4.87. The fourth-order valence-corrected chi connectivity index (χ4v) is 3.81. The third kappa shape index (κ3) is 1.92. The molecule has 0 aromatic heterocycles. The first-order valence-corrected chi connectivity index (χ1v) is 7.20. The van der Waals surface area contributed by atoms with E-state index in [0.717, 1.165) is 0 Å². The standard InChI is InChI=1S/C17H24/c1-12-15-7-5-4-6-13(15)10-14-11-17(2,3)9-8-16(12)14/h10H,4-9,11H2,1-3H3. The molecule has 2 aliphatic carbocycles. The normalized spacial score (nSPS) is 21.8. The Bertz CT molecular complexity index is 452. The summed E-state index contributed by atoms with van der Waals surface area (Å²) in [4.78, 5) is 0. The van der Waals surface area contributed by atoms with E-state index >= 15 is 0 Å². The van der Waals surface area contributed by atoms with Crippen molar-refractivity contribution in [3.8, 4) is 0 Å². The molecule has 0 unspecified atom stereocenters. The Labute approximate surface area is 105 Å². The van der Waals surface area contributed by atoms with Gasteiger partial charge in [-0.25, -0.2) is 0 Å². The van der Waals surface area contributed by atoms with Crippen molar-refractivity contribution in [1.29, 1.82) is 0 Å². The second-order valence-electron chi connectivity index (χ2n) is 6.83. The maximum Gasteiger partial charge on any atom is -0.0224 e. The molecular weight excluding hydrogens is 204 g/mol. The molecule has 92 valence electrons. The van der Waals surface area contributed by atoms with Gasteiger partial charge in [0.1, 0.15) is 0 Å². The van der Waals surface area contributed by atoms with Crippen LogP contribution >= 0.6 is 0 Å². The van der Waals surface area contributed by atoms with Crippen LogP contribution in [0, 0.1) is 12.3 Å². The van der Waals surface area contributed by atoms with Crippen LogP contribution in [0.25, 0.3) is 0 Å². The van der Waals surface area contributed by atoms with Gasteiger partial charge in [-0.05, 0) is 85.1 Å². The van der Waals surface area contributed by atoms with Gasteiger partial charge in [0, 0.05) is 0 Å². The highest BCUT2D eigenvalue weighted by molar-refractivity contribution is 5.48. The predicted molar refractivity (Wildman–Crippen MR) is 73.6 cm³/mol. The molecule has 0 heteroatoms. The Morgan fingerprint density at radius 1 is 0.941 bits per heavy atom. The van der Waals surface area contributed by atoms with E-state index < -0.39 is 0 Å². The number of rotatable bonds is 0. The van der Waals surface area contributed by atoms with E-state index in [1.54, 1.807) is 27.8 Å². The van der Waals surface area contributed by atoms with Crippen molar-refractivity contribution < 1.29 is 0 Å². The lowest BCUT2D eigenvalue weighted by Gasteiger charge is -2.34. The number of hydrogen-bond donors (Lipinski definition) is 0. The molecule has 0 fully saturated rings. The van der Waals surface area contributed by atoms with E-state index in [4.69, 9.17) is 0 Å². The van der Waals surface area contributed by atoms with E-state index in [1.807, 2.05) is 0 Å². The quantitative estimate of drug-likeness (QED) is 0.618. The van der Waals surface area contributed by atoms with Gasteiger partial charge >= 0.3 is 0 Å². The average molecular weight is 228 g/mol.